The van der Waals surface area contributed by atoms with Crippen molar-refractivity contribution in [3.8, 4) is 0 Å². The third-order valence-electron chi connectivity index (χ3n) is 6.97. The highest BCUT2D eigenvalue weighted by molar-refractivity contribution is 5.94. The van der Waals surface area contributed by atoms with Crippen LogP contribution in [0.3, 0.4) is 0 Å². The maximum Gasteiger partial charge on any atom is 0.246 e. The summed E-state index contributed by atoms with van der Waals surface area (Å²) in [5.74, 6) is -0.461. The molecule has 2 aromatic rings. The lowest BCUT2D eigenvalue weighted by Gasteiger charge is -2.30. The lowest BCUT2D eigenvalue weighted by Crippen LogP contribution is -2.52. The smallest absolute Gasteiger partial charge is 0.246 e. The third-order valence-corrected chi connectivity index (χ3v) is 6.97. The van der Waals surface area contributed by atoms with Crippen LogP contribution in [0.1, 0.15) is 61.8 Å². The Morgan fingerprint density at radius 3 is 2.18 bits per heavy atom. The van der Waals surface area contributed by atoms with Crippen LogP contribution >= 0.6 is 0 Å². The molecule has 0 saturated carbocycles. The largest absolute Gasteiger partial charge is 0.343 e. The average molecular weight is 466 g/mol. The van der Waals surface area contributed by atoms with Crippen LogP contribution in [-0.2, 0) is 14.4 Å². The van der Waals surface area contributed by atoms with E-state index >= 15 is 0 Å². The molecule has 4 rings (SSSR count). The van der Waals surface area contributed by atoms with E-state index in [-0.39, 0.29) is 30.7 Å². The summed E-state index contributed by atoms with van der Waals surface area (Å²) in [7, 11) is 1.59. The summed E-state index contributed by atoms with van der Waals surface area (Å²) in [5.41, 5.74) is 3.02. The van der Waals surface area contributed by atoms with Crippen LogP contribution < -0.4 is 5.32 Å². The summed E-state index contributed by atoms with van der Waals surface area (Å²) in [4.78, 5) is 41.3. The average Bonchev–Trinajstić information content (AvgIpc) is 3.39. The van der Waals surface area contributed by atoms with E-state index in [1.54, 1.807) is 7.05 Å². The van der Waals surface area contributed by atoms with Crippen molar-refractivity contribution in [2.75, 3.05) is 13.6 Å². The van der Waals surface area contributed by atoms with Gasteiger partial charge in [-0.2, -0.15) is 0 Å². The Morgan fingerprint density at radius 2 is 1.59 bits per heavy atom. The van der Waals surface area contributed by atoms with Gasteiger partial charge in [0.2, 0.25) is 17.7 Å². The van der Waals surface area contributed by atoms with E-state index in [1.807, 2.05) is 42.5 Å². The van der Waals surface area contributed by atoms with Gasteiger partial charge in [0.1, 0.15) is 18.3 Å². The van der Waals surface area contributed by atoms with E-state index in [0.717, 1.165) is 11.1 Å². The highest BCUT2D eigenvalue weighted by atomic mass is 19.1. The number of alkyl halides is 1. The Kier molecular flexibility index (Phi) is 7.00. The van der Waals surface area contributed by atoms with E-state index in [0.29, 0.717) is 18.8 Å². The number of hydrogen-bond donors (Lipinski definition) is 1. The molecule has 7 heteroatoms. The van der Waals surface area contributed by atoms with Crippen molar-refractivity contribution in [1.29, 1.82) is 0 Å². The Balaban J connectivity index is 1.57. The molecule has 2 heterocycles. The molecule has 0 aromatic heterocycles. The van der Waals surface area contributed by atoms with E-state index < -0.39 is 24.3 Å². The number of carbonyl (C=O) groups is 3. The molecule has 3 amide bonds. The topological polar surface area (TPSA) is 69.7 Å². The fourth-order valence-corrected chi connectivity index (χ4v) is 4.88. The second kappa shape index (κ2) is 9.95. The summed E-state index contributed by atoms with van der Waals surface area (Å²) in [6.45, 7) is 4.12. The van der Waals surface area contributed by atoms with Gasteiger partial charge < -0.3 is 15.1 Å². The molecular weight excluding hydrogens is 433 g/mol. The standard InChI is InChI=1S/C27H32FN3O3/c1-17(2)18-9-11-20(12-10-18)25(19-7-5-4-6-8-19)29-26(33)23-15-21(28)16-31(23)27(34)22-13-14-24(32)30(22)3/h4-12,17,21-23,25H,13-16H2,1-3H3,(H,29,33)/t21-,22+,23?,25+/m1/s1. The van der Waals surface area contributed by atoms with E-state index in [2.05, 4.69) is 31.3 Å². The van der Waals surface area contributed by atoms with Gasteiger partial charge in [-0.25, -0.2) is 4.39 Å². The van der Waals surface area contributed by atoms with E-state index in [9.17, 15) is 18.8 Å². The van der Waals surface area contributed by atoms with E-state index in [4.69, 9.17) is 0 Å². The minimum atomic E-state index is -1.28. The molecule has 6 nitrogen and oxygen atoms in total. The number of amides is 3. The van der Waals surface area contributed by atoms with E-state index in [1.165, 1.54) is 15.4 Å². The summed E-state index contributed by atoms with van der Waals surface area (Å²) in [6.07, 6.45) is -0.637. The Bertz CT molecular complexity index is 1040. The SMILES string of the molecule is CC(C)c1ccc([C@@H](NC(=O)C2C[C@@H](F)CN2C(=O)[C@@H]2CCC(=O)N2C)c2ccccc2)cc1. The van der Waals surface area contributed by atoms with Crippen molar-refractivity contribution in [2.24, 2.45) is 0 Å². The van der Waals surface area contributed by atoms with Gasteiger partial charge in [0.25, 0.3) is 0 Å². The predicted octanol–water partition coefficient (Wildman–Crippen LogP) is 3.58. The highest BCUT2D eigenvalue weighted by Gasteiger charge is 2.45. The lowest BCUT2D eigenvalue weighted by atomic mass is 9.95. The van der Waals surface area contributed by atoms with Crippen molar-refractivity contribution < 1.29 is 18.8 Å². The van der Waals surface area contributed by atoms with Crippen LogP contribution in [0.5, 0.6) is 0 Å². The minimum absolute atomic E-state index is 0.0459. The molecule has 0 aliphatic carbocycles. The van der Waals surface area contributed by atoms with Gasteiger partial charge in [-0.05, 0) is 29.0 Å². The number of nitrogens with one attached hydrogen (secondary N) is 1. The second-order valence-corrected chi connectivity index (χ2v) is 9.57. The first kappa shape index (κ1) is 23.9. The molecule has 0 spiro atoms. The first-order valence-electron chi connectivity index (χ1n) is 11.9. The monoisotopic (exact) mass is 465 g/mol. The number of likely N-dealkylation sites (tertiary alicyclic amines) is 2. The maximum absolute atomic E-state index is 14.5. The van der Waals surface area contributed by atoms with Crippen LogP contribution in [0.25, 0.3) is 0 Å². The molecule has 180 valence electrons. The number of carbonyl (C=O) groups excluding carboxylic acids is 3. The normalized spacial score (nSPS) is 23.4. The zero-order valence-electron chi connectivity index (χ0n) is 19.9. The van der Waals surface area contributed by atoms with Crippen LogP contribution in [0.15, 0.2) is 54.6 Å². The predicted molar refractivity (Wildman–Crippen MR) is 128 cm³/mol. The number of likely N-dealkylation sites (N-methyl/N-ethyl adjacent to an activating group) is 1. The fraction of sp³-hybridized carbons (Fsp3) is 0.444. The van der Waals surface area contributed by atoms with Gasteiger partial charge in [0.15, 0.2) is 0 Å². The van der Waals surface area contributed by atoms with Gasteiger partial charge in [0, 0.05) is 19.9 Å². The number of halogens is 1. The Morgan fingerprint density at radius 1 is 0.971 bits per heavy atom. The lowest BCUT2D eigenvalue weighted by molar-refractivity contribution is -0.144. The summed E-state index contributed by atoms with van der Waals surface area (Å²) >= 11 is 0. The third kappa shape index (κ3) is 4.83. The minimum Gasteiger partial charge on any atom is -0.343 e. The van der Waals surface area contributed by atoms with Crippen LogP contribution in [0.4, 0.5) is 4.39 Å². The zero-order valence-corrected chi connectivity index (χ0v) is 19.9. The van der Waals surface area contributed by atoms with Crippen molar-refractivity contribution >= 4 is 17.7 Å². The Hall–Kier alpha value is -3.22. The molecule has 2 saturated heterocycles. The number of benzene rings is 2. The number of rotatable bonds is 6. The van der Waals surface area contributed by atoms with Gasteiger partial charge in [-0.1, -0.05) is 68.4 Å². The molecule has 34 heavy (non-hydrogen) atoms. The highest BCUT2D eigenvalue weighted by Crippen LogP contribution is 2.29. The van der Waals surface area contributed by atoms with Gasteiger partial charge >= 0.3 is 0 Å². The van der Waals surface area contributed by atoms with Crippen LogP contribution in [0.2, 0.25) is 0 Å². The van der Waals surface area contributed by atoms with Crippen molar-refractivity contribution in [3.05, 3.63) is 71.3 Å². The molecular formula is C27H32FN3O3. The second-order valence-electron chi connectivity index (χ2n) is 9.57. The zero-order chi connectivity index (χ0) is 24.4. The molecule has 2 aromatic carbocycles. The van der Waals surface area contributed by atoms with Gasteiger partial charge in [-0.15, -0.1) is 0 Å². The molecule has 4 atom stereocenters. The number of nitrogens with zero attached hydrogens (tertiary/aromatic N) is 2. The quantitative estimate of drug-likeness (QED) is 0.709. The van der Waals surface area contributed by atoms with Gasteiger partial charge in [0.05, 0.1) is 12.6 Å². The molecule has 2 fully saturated rings. The first-order valence-corrected chi connectivity index (χ1v) is 11.9. The number of hydrogen-bond acceptors (Lipinski definition) is 3. The molecule has 1 unspecified atom stereocenters. The Labute approximate surface area is 200 Å². The summed E-state index contributed by atoms with van der Waals surface area (Å²) in [6, 6.07) is 15.7. The van der Waals surface area contributed by atoms with Crippen LogP contribution in [-0.4, -0.2) is 59.4 Å². The fourth-order valence-electron chi connectivity index (χ4n) is 4.88. The van der Waals surface area contributed by atoms with Crippen LogP contribution in [0, 0.1) is 0 Å². The summed E-state index contributed by atoms with van der Waals surface area (Å²) in [5, 5.41) is 3.08. The maximum atomic E-state index is 14.5. The van der Waals surface area contributed by atoms with Crippen molar-refractivity contribution in [2.45, 2.75) is 63.3 Å². The van der Waals surface area contributed by atoms with Crippen molar-refractivity contribution in [1.82, 2.24) is 15.1 Å². The van der Waals surface area contributed by atoms with Gasteiger partial charge in [-0.3, -0.25) is 14.4 Å². The first-order chi connectivity index (χ1) is 16.3. The molecule has 2 aliphatic rings. The molecule has 1 N–H and O–H groups in total. The molecule has 2 aliphatic heterocycles. The molecule has 0 bridgehead atoms. The van der Waals surface area contributed by atoms with Crippen molar-refractivity contribution in [3.63, 3.8) is 0 Å². The summed E-state index contributed by atoms with van der Waals surface area (Å²) < 4.78 is 14.5. The molecule has 0 radical (unpaired) electrons.